The van der Waals surface area contributed by atoms with Crippen LogP contribution in [0.25, 0.3) is 4.96 Å². The Morgan fingerprint density at radius 1 is 1.16 bits per heavy atom. The van der Waals surface area contributed by atoms with Crippen LogP contribution in [0.1, 0.15) is 32.0 Å². The summed E-state index contributed by atoms with van der Waals surface area (Å²) in [4.78, 5) is 34.2. The minimum absolute atomic E-state index is 0.000244. The van der Waals surface area contributed by atoms with Crippen molar-refractivity contribution >= 4 is 22.2 Å². The van der Waals surface area contributed by atoms with Crippen molar-refractivity contribution in [3.05, 3.63) is 63.5 Å². The first-order chi connectivity index (χ1) is 14.8. The molecule has 2 aromatic heterocycles. The van der Waals surface area contributed by atoms with Crippen LogP contribution in [0.3, 0.4) is 0 Å². The van der Waals surface area contributed by atoms with Crippen molar-refractivity contribution in [2.45, 2.75) is 32.7 Å². The van der Waals surface area contributed by atoms with Gasteiger partial charge in [0, 0.05) is 50.4 Å². The maximum atomic E-state index is 12.7. The van der Waals surface area contributed by atoms with Gasteiger partial charge in [-0.2, -0.15) is 0 Å². The first-order valence-electron chi connectivity index (χ1n) is 10.5. The second kappa shape index (κ2) is 8.80. The van der Waals surface area contributed by atoms with Crippen LogP contribution in [-0.4, -0.2) is 57.9 Å². The summed E-state index contributed by atoms with van der Waals surface area (Å²) < 4.78 is 7.45. The van der Waals surface area contributed by atoms with Crippen LogP contribution in [0, 0.1) is 0 Å². The van der Waals surface area contributed by atoms with Crippen LogP contribution < -0.4 is 10.3 Å². The maximum Gasteiger partial charge on any atom is 0.260 e. The molecule has 0 saturated carbocycles. The summed E-state index contributed by atoms with van der Waals surface area (Å²) in [6.45, 7) is 9.83. The molecule has 0 spiro atoms. The number of benzene rings is 1. The van der Waals surface area contributed by atoms with Crippen LogP contribution >= 0.6 is 11.3 Å². The molecule has 164 valence electrons. The van der Waals surface area contributed by atoms with Gasteiger partial charge in [-0.25, -0.2) is 4.98 Å². The molecule has 1 fully saturated rings. The third-order valence-electron chi connectivity index (χ3n) is 5.51. The molecule has 1 amide bonds. The summed E-state index contributed by atoms with van der Waals surface area (Å²) >= 11 is 1.45. The van der Waals surface area contributed by atoms with E-state index < -0.39 is 0 Å². The topological polar surface area (TPSA) is 67.2 Å². The normalized spacial score (nSPS) is 15.4. The van der Waals surface area contributed by atoms with Crippen LogP contribution in [-0.2, 0) is 16.8 Å². The van der Waals surface area contributed by atoms with E-state index in [-0.39, 0.29) is 23.5 Å². The van der Waals surface area contributed by atoms with E-state index in [2.05, 4.69) is 30.7 Å². The minimum atomic E-state index is -0.0530. The summed E-state index contributed by atoms with van der Waals surface area (Å²) in [5.41, 5.74) is 1.77. The third kappa shape index (κ3) is 4.97. The van der Waals surface area contributed by atoms with Gasteiger partial charge in [-0.05, 0) is 17.0 Å². The molecule has 1 aliphatic rings. The highest BCUT2D eigenvalue weighted by atomic mass is 32.1. The molecule has 0 bridgehead atoms. The van der Waals surface area contributed by atoms with Crippen molar-refractivity contribution < 1.29 is 9.53 Å². The molecule has 0 atom stereocenters. The zero-order valence-electron chi connectivity index (χ0n) is 18.2. The smallest absolute Gasteiger partial charge is 0.260 e. The van der Waals surface area contributed by atoms with Gasteiger partial charge in [-0.3, -0.25) is 18.9 Å². The Morgan fingerprint density at radius 2 is 1.90 bits per heavy atom. The SMILES string of the molecule is CC(C)(C)c1ccccc1OCC(=O)N1CCN(Cc2cc(=O)n3ccsc3n2)CC1. The van der Waals surface area contributed by atoms with Crippen LogP contribution in [0.5, 0.6) is 5.75 Å². The molecule has 8 heteroatoms. The van der Waals surface area contributed by atoms with E-state index >= 15 is 0 Å². The average molecular weight is 441 g/mol. The number of amides is 1. The van der Waals surface area contributed by atoms with E-state index in [1.807, 2.05) is 34.5 Å². The summed E-state index contributed by atoms with van der Waals surface area (Å²) in [6.07, 6.45) is 1.74. The molecule has 0 unspecified atom stereocenters. The monoisotopic (exact) mass is 440 g/mol. The number of para-hydroxylation sites is 1. The number of hydrogen-bond acceptors (Lipinski definition) is 6. The largest absolute Gasteiger partial charge is 0.483 e. The minimum Gasteiger partial charge on any atom is -0.483 e. The Bertz CT molecular complexity index is 1120. The highest BCUT2D eigenvalue weighted by Crippen LogP contribution is 2.30. The molecule has 4 rings (SSSR count). The number of aromatic nitrogens is 2. The standard InChI is InChI=1S/C23H28N4O3S/c1-23(2,3)18-6-4-5-7-19(18)30-16-21(29)26-10-8-25(9-11-26)15-17-14-20(28)27-12-13-31-22(27)24-17/h4-7,12-14H,8-11,15-16H2,1-3H3. The van der Waals surface area contributed by atoms with E-state index in [1.165, 1.54) is 11.3 Å². The van der Waals surface area contributed by atoms with Gasteiger partial charge in [0.2, 0.25) is 0 Å². The number of thiazole rings is 1. The Morgan fingerprint density at radius 3 is 2.65 bits per heavy atom. The van der Waals surface area contributed by atoms with Gasteiger partial charge in [0.1, 0.15) is 5.75 Å². The first-order valence-corrected chi connectivity index (χ1v) is 11.4. The molecule has 1 aromatic carbocycles. The Kier molecular flexibility index (Phi) is 6.11. The number of piperazine rings is 1. The van der Waals surface area contributed by atoms with Crippen molar-refractivity contribution in [2.24, 2.45) is 0 Å². The molecule has 0 N–H and O–H groups in total. The predicted octanol–water partition coefficient (Wildman–Crippen LogP) is 2.78. The van der Waals surface area contributed by atoms with Crippen molar-refractivity contribution in [3.8, 4) is 5.75 Å². The van der Waals surface area contributed by atoms with Gasteiger partial charge in [0.15, 0.2) is 11.6 Å². The number of ether oxygens (including phenoxy) is 1. The van der Waals surface area contributed by atoms with Gasteiger partial charge in [-0.15, -0.1) is 11.3 Å². The summed E-state index contributed by atoms with van der Waals surface area (Å²) in [6, 6.07) is 9.49. The maximum absolute atomic E-state index is 12.7. The number of carbonyl (C=O) groups excluding carboxylic acids is 1. The van der Waals surface area contributed by atoms with Gasteiger partial charge < -0.3 is 9.64 Å². The quantitative estimate of drug-likeness (QED) is 0.610. The molecule has 31 heavy (non-hydrogen) atoms. The molecular formula is C23H28N4O3S. The van der Waals surface area contributed by atoms with Crippen molar-refractivity contribution in [1.29, 1.82) is 0 Å². The molecule has 1 saturated heterocycles. The molecule has 0 radical (unpaired) electrons. The zero-order chi connectivity index (χ0) is 22.0. The predicted molar refractivity (Wildman–Crippen MR) is 122 cm³/mol. The lowest BCUT2D eigenvalue weighted by molar-refractivity contribution is -0.135. The van der Waals surface area contributed by atoms with Gasteiger partial charge in [-0.1, -0.05) is 39.0 Å². The number of rotatable bonds is 5. The van der Waals surface area contributed by atoms with E-state index in [0.717, 1.165) is 30.1 Å². The summed E-state index contributed by atoms with van der Waals surface area (Å²) in [5.74, 6) is 0.767. The Balaban J connectivity index is 1.30. The highest BCUT2D eigenvalue weighted by Gasteiger charge is 2.23. The summed E-state index contributed by atoms with van der Waals surface area (Å²) in [7, 11) is 0. The lowest BCUT2D eigenvalue weighted by atomic mass is 9.86. The van der Waals surface area contributed by atoms with E-state index in [4.69, 9.17) is 4.74 Å². The lowest BCUT2D eigenvalue weighted by Crippen LogP contribution is -2.49. The molecule has 0 aliphatic carbocycles. The molecule has 3 aromatic rings. The van der Waals surface area contributed by atoms with Gasteiger partial charge >= 0.3 is 0 Å². The number of carbonyl (C=O) groups is 1. The van der Waals surface area contributed by atoms with Gasteiger partial charge in [0.05, 0.1) is 5.69 Å². The van der Waals surface area contributed by atoms with Crippen LogP contribution in [0.4, 0.5) is 0 Å². The van der Waals surface area contributed by atoms with Crippen molar-refractivity contribution in [3.63, 3.8) is 0 Å². The number of fused-ring (bicyclic) bond motifs is 1. The van der Waals surface area contributed by atoms with Gasteiger partial charge in [0.25, 0.3) is 11.5 Å². The van der Waals surface area contributed by atoms with Crippen molar-refractivity contribution in [2.75, 3.05) is 32.8 Å². The molecule has 1 aliphatic heterocycles. The lowest BCUT2D eigenvalue weighted by Gasteiger charge is -2.34. The fraction of sp³-hybridized carbons (Fsp3) is 0.435. The van der Waals surface area contributed by atoms with Crippen LogP contribution in [0.15, 0.2) is 46.7 Å². The zero-order valence-corrected chi connectivity index (χ0v) is 19.0. The fourth-order valence-corrected chi connectivity index (χ4v) is 4.53. The molecular weight excluding hydrogens is 412 g/mol. The Hall–Kier alpha value is -2.71. The Labute approximate surface area is 185 Å². The van der Waals surface area contributed by atoms with E-state index in [1.54, 1.807) is 16.7 Å². The number of nitrogens with zero attached hydrogens (tertiary/aromatic N) is 4. The third-order valence-corrected chi connectivity index (χ3v) is 6.27. The number of hydrogen-bond donors (Lipinski definition) is 0. The second-order valence-electron chi connectivity index (χ2n) is 8.83. The first kappa shape index (κ1) is 21.5. The van der Waals surface area contributed by atoms with E-state index in [0.29, 0.717) is 24.6 Å². The van der Waals surface area contributed by atoms with E-state index in [9.17, 15) is 9.59 Å². The van der Waals surface area contributed by atoms with Crippen LogP contribution in [0.2, 0.25) is 0 Å². The average Bonchev–Trinajstić information content (AvgIpc) is 3.21. The van der Waals surface area contributed by atoms with Crippen molar-refractivity contribution in [1.82, 2.24) is 19.2 Å². The fourth-order valence-electron chi connectivity index (χ4n) is 3.80. The molecule has 7 nitrogen and oxygen atoms in total. The second-order valence-corrected chi connectivity index (χ2v) is 9.71. The summed E-state index contributed by atoms with van der Waals surface area (Å²) in [5, 5.41) is 1.86. The molecule has 3 heterocycles. The highest BCUT2D eigenvalue weighted by molar-refractivity contribution is 7.15.